The summed E-state index contributed by atoms with van der Waals surface area (Å²) in [6, 6.07) is 131. The summed E-state index contributed by atoms with van der Waals surface area (Å²) in [7, 11) is -0.780. The Labute approximate surface area is 886 Å². The van der Waals surface area contributed by atoms with E-state index in [1.54, 1.807) is 41.5 Å². The van der Waals surface area contributed by atoms with Crippen LogP contribution in [0.25, 0.3) is 110 Å². The maximum absolute atomic E-state index is 11.5. The van der Waals surface area contributed by atoms with Crippen LogP contribution in [0.4, 0.5) is 11.4 Å². The Balaban J connectivity index is 0.000000207. The van der Waals surface area contributed by atoms with Crippen molar-refractivity contribution in [3.63, 3.8) is 0 Å². The molecule has 145 heavy (non-hydrogen) atoms. The fourth-order valence-electron chi connectivity index (χ4n) is 18.8. The van der Waals surface area contributed by atoms with Gasteiger partial charge < -0.3 is 9.31 Å². The Morgan fingerprint density at radius 1 is 0.241 bits per heavy atom. The van der Waals surface area contributed by atoms with E-state index in [2.05, 4.69) is 375 Å². The molecule has 0 spiro atoms. The third-order valence-electron chi connectivity index (χ3n) is 25.1. The summed E-state index contributed by atoms with van der Waals surface area (Å²) in [6.45, 7) is 52.4. The van der Waals surface area contributed by atoms with Crippen molar-refractivity contribution in [2.24, 2.45) is 0 Å². The van der Waals surface area contributed by atoms with Gasteiger partial charge >= 0.3 is 7.12 Å². The Hall–Kier alpha value is -12.8. The monoisotopic (exact) mass is 2070 g/mol. The normalized spacial score (nSPS) is 11.9. The quantitative estimate of drug-likeness (QED) is 0.0681. The number of nitro benzene ring substituents is 2. The van der Waals surface area contributed by atoms with Crippen molar-refractivity contribution in [1.29, 1.82) is 0 Å². The van der Waals surface area contributed by atoms with Gasteiger partial charge in [-0.25, -0.2) is 0 Å². The molecule has 0 N–H and O–H groups in total. The molecule has 24 rings (SSSR count). The number of benzene rings is 18. The molecule has 1 heterocycles. The molecule has 1 saturated heterocycles. The first-order chi connectivity index (χ1) is 71.0. The van der Waals surface area contributed by atoms with E-state index in [-0.39, 0.29) is 34.6 Å². The maximum Gasteiger partial charge on any atom is 0.495 e. The second kappa shape index (κ2) is 59.0. The Morgan fingerprint density at radius 2 is 0.490 bits per heavy atom. The van der Waals surface area contributed by atoms with Crippen LogP contribution in [0.5, 0.6) is 0 Å². The van der Waals surface area contributed by atoms with Crippen molar-refractivity contribution in [1.82, 2.24) is 0 Å². The molecule has 0 atom stereocenters. The zero-order valence-electron chi connectivity index (χ0n) is 90.5. The Bertz CT molecular complexity index is 6980. The van der Waals surface area contributed by atoms with Crippen LogP contribution in [0, 0.1) is 20.2 Å². The molecular formula is C133H150BBr2N2O6P. The lowest BCUT2D eigenvalue weighted by Gasteiger charge is -2.32. The number of nitrogens with zero attached hydrogens (tertiary/aromatic N) is 2. The molecule has 0 radical (unpaired) electrons. The van der Waals surface area contributed by atoms with E-state index in [1.165, 1.54) is 159 Å². The highest BCUT2D eigenvalue weighted by Crippen LogP contribution is 2.53. The number of rotatable bonds is 7. The maximum atomic E-state index is 11.5. The summed E-state index contributed by atoms with van der Waals surface area (Å²) in [5, 5.41) is 36.1. The largest absolute Gasteiger partial charge is 0.495 e. The van der Waals surface area contributed by atoms with Gasteiger partial charge in [0.25, 0.3) is 11.4 Å². The average Bonchev–Trinajstić information content (AvgIpc) is 1.56. The third-order valence-corrected chi connectivity index (χ3v) is 28.9. The van der Waals surface area contributed by atoms with Gasteiger partial charge in [0, 0.05) is 16.6 Å². The van der Waals surface area contributed by atoms with Gasteiger partial charge in [-0.3, -0.25) is 20.2 Å². The Kier molecular flexibility index (Phi) is 47.7. The number of hydrogen-bond donors (Lipinski definition) is 0. The first-order valence-corrected chi connectivity index (χ1v) is 55.7. The van der Waals surface area contributed by atoms with E-state index in [0.29, 0.717) is 10.0 Å². The van der Waals surface area contributed by atoms with Crippen LogP contribution in [0.2, 0.25) is 0 Å². The summed E-state index contributed by atoms with van der Waals surface area (Å²) in [5.41, 5.74) is 30.5. The van der Waals surface area contributed by atoms with Crippen molar-refractivity contribution in [3.8, 4) is 66.8 Å². The lowest BCUT2D eigenvalue weighted by Crippen LogP contribution is -2.41. The summed E-state index contributed by atoms with van der Waals surface area (Å²) < 4.78 is 14.5. The second-order valence-corrected chi connectivity index (χ2v) is 36.8. The van der Waals surface area contributed by atoms with Crippen molar-refractivity contribution in [2.45, 2.75) is 223 Å². The standard InChI is InChI=1S/C24H16.C23H23BO2.C23H15NO2.C18H15P.C17H11Br.C6H4BrNO2.11C2H6/c1-3-9-17-15(7-1)13-21-22-14-16-8-2-4-10-18(16)24(22)20-12-6-5-11-19(20)23(17)21;1-22(2)23(3,4)26-24(25-22)20-14-16-13-15-9-5-6-10-17(15)21(16)19-12-8-7-11-18(19)20;25-24(26)22-12-6-5-10-19(22)21-14-16-13-15-7-1-2-8-17(15)23(16)20-11-4-3-9-18(20)21;1-4-10-16(11-5-1)19(17-12-6-2-7-13-17)18-14-8-3-9-15-18;18-16-10-12-9-11-5-1-2-6-13(11)17(12)15-8-4-3-7-14(15)16;7-5-3-1-2-4-6(5)8(9)10;11*1-2/h1-12H,13-14H2;5-12,14H,13H2,1-4H3;1-12,14H,13H2;1-15H;1-8,10H,9H2;1-4H;11*1-2H3. The van der Waals surface area contributed by atoms with Crippen molar-refractivity contribution < 1.29 is 19.2 Å². The van der Waals surface area contributed by atoms with Gasteiger partial charge in [0.2, 0.25) is 0 Å². The summed E-state index contributed by atoms with van der Waals surface area (Å²) >= 11 is 6.75. The van der Waals surface area contributed by atoms with Crippen molar-refractivity contribution in [2.75, 3.05) is 0 Å². The summed E-state index contributed by atoms with van der Waals surface area (Å²) in [6.07, 6.45) is 5.04. The van der Waals surface area contributed by atoms with Crippen molar-refractivity contribution in [3.05, 3.63) is 461 Å². The van der Waals surface area contributed by atoms with Gasteiger partial charge in [-0.05, 0) is 289 Å². The molecule has 750 valence electrons. The fraction of sp³-hybridized carbons (Fsp3) is 0.248. The highest BCUT2D eigenvalue weighted by molar-refractivity contribution is 9.11. The number of para-hydroxylation sites is 2. The van der Waals surface area contributed by atoms with Crippen molar-refractivity contribution >= 4 is 123 Å². The third kappa shape index (κ3) is 26.5. The molecule has 0 aromatic heterocycles. The topological polar surface area (TPSA) is 105 Å². The van der Waals surface area contributed by atoms with E-state index >= 15 is 0 Å². The molecular weight excluding hydrogens is 1920 g/mol. The van der Waals surface area contributed by atoms with E-state index in [9.17, 15) is 20.2 Å². The predicted molar refractivity (Wildman–Crippen MR) is 643 cm³/mol. The number of halogens is 2. The second-order valence-electron chi connectivity index (χ2n) is 32.8. The minimum absolute atomic E-state index is 0.0995. The van der Waals surface area contributed by atoms with Crippen LogP contribution in [0.1, 0.15) is 236 Å². The molecule has 1 fully saturated rings. The van der Waals surface area contributed by atoms with Crippen LogP contribution in [0.3, 0.4) is 0 Å². The smallest absolute Gasteiger partial charge is 0.399 e. The molecule has 12 heteroatoms. The molecule has 18 aromatic rings. The van der Waals surface area contributed by atoms with Gasteiger partial charge in [0.15, 0.2) is 0 Å². The number of fused-ring (bicyclic) bond motifs is 25. The Morgan fingerprint density at radius 3 is 0.834 bits per heavy atom. The van der Waals surface area contributed by atoms with Gasteiger partial charge in [0.1, 0.15) is 0 Å². The zero-order valence-corrected chi connectivity index (χ0v) is 94.5. The first kappa shape index (κ1) is 117. The summed E-state index contributed by atoms with van der Waals surface area (Å²) in [4.78, 5) is 21.0. The highest BCUT2D eigenvalue weighted by atomic mass is 79.9. The van der Waals surface area contributed by atoms with Gasteiger partial charge in [-0.1, -0.05) is 508 Å². The lowest BCUT2D eigenvalue weighted by atomic mass is 9.74. The van der Waals surface area contributed by atoms with Crippen LogP contribution in [0.15, 0.2) is 385 Å². The molecule has 0 amide bonds. The van der Waals surface area contributed by atoms with Gasteiger partial charge in [0.05, 0.1) is 31.1 Å². The molecule has 1 aliphatic heterocycles. The zero-order chi connectivity index (χ0) is 106. The molecule has 0 saturated carbocycles. The highest BCUT2D eigenvalue weighted by Gasteiger charge is 2.52. The number of nitro groups is 2. The van der Waals surface area contributed by atoms with Gasteiger partial charge in [-0.2, -0.15) is 0 Å². The SMILES string of the molecule is Brc1cc2c(c3ccccc13)-c1ccccc1C2.CC.CC.CC.CC.CC.CC.CC.CC.CC.CC.CC.CC1(C)OB(c2cc3c(c4ccccc24)-c2ccccc2C3)OC1(C)C.O=[N+]([O-])c1ccccc1-c1cc2c(c3ccccc13)-c1ccccc1C2.O=[N+]([O-])c1ccccc1Br.c1ccc(P(c2ccccc2)c2ccccc2)cc1.c1ccc2c(c1)Cc1c3c(c4ccccc4c1-2)-c1ccccc1C3. The first-order valence-electron chi connectivity index (χ1n) is 52.7. The van der Waals surface area contributed by atoms with E-state index < -0.39 is 12.8 Å². The average molecular weight is 2070 g/mol. The molecule has 0 bridgehead atoms. The van der Waals surface area contributed by atoms with E-state index in [1.807, 2.05) is 177 Å². The predicted octanol–water partition coefficient (Wildman–Crippen LogP) is 38.9. The molecule has 0 unspecified atom stereocenters. The molecule has 8 nitrogen and oxygen atoms in total. The van der Waals surface area contributed by atoms with Crippen LogP contribution in [-0.4, -0.2) is 28.2 Å². The number of hydrogen-bond acceptors (Lipinski definition) is 6. The van der Waals surface area contributed by atoms with Crippen LogP contribution < -0.4 is 21.4 Å². The summed E-state index contributed by atoms with van der Waals surface area (Å²) in [5.74, 6) is 0. The molecule has 5 aliphatic carbocycles. The lowest BCUT2D eigenvalue weighted by molar-refractivity contribution is -0.385. The minimum Gasteiger partial charge on any atom is -0.399 e. The van der Waals surface area contributed by atoms with E-state index in [0.717, 1.165) is 53.9 Å². The van der Waals surface area contributed by atoms with Crippen LogP contribution >= 0.6 is 39.8 Å². The van der Waals surface area contributed by atoms with Gasteiger partial charge in [-0.15, -0.1) is 0 Å². The molecule has 18 aromatic carbocycles. The van der Waals surface area contributed by atoms with Crippen LogP contribution in [-0.2, 0) is 41.4 Å². The minimum atomic E-state index is -0.446. The fourth-order valence-corrected chi connectivity index (χ4v) is 22.2. The molecule has 6 aliphatic rings. The van der Waals surface area contributed by atoms with E-state index in [4.69, 9.17) is 9.31 Å².